The summed E-state index contributed by atoms with van der Waals surface area (Å²) in [5.41, 5.74) is 1.22. The van der Waals surface area contributed by atoms with Crippen LogP contribution in [0.3, 0.4) is 0 Å². The van der Waals surface area contributed by atoms with E-state index < -0.39 is 18.5 Å². The van der Waals surface area contributed by atoms with E-state index in [0.29, 0.717) is 55.1 Å². The summed E-state index contributed by atoms with van der Waals surface area (Å²) in [4.78, 5) is 42.9. The number of nitrogens with zero attached hydrogens (tertiary/aromatic N) is 3. The fourth-order valence-electron chi connectivity index (χ4n) is 3.71. The highest BCUT2D eigenvalue weighted by molar-refractivity contribution is 6.04. The molecule has 0 radical (unpaired) electrons. The van der Waals surface area contributed by atoms with E-state index in [0.717, 1.165) is 0 Å². The number of ether oxygens (including phenoxy) is 2. The normalized spacial score (nSPS) is 14.3. The highest BCUT2D eigenvalue weighted by Gasteiger charge is 2.26. The smallest absolute Gasteiger partial charge is 0.409 e. The molecule has 11 nitrogen and oxygen atoms in total. The summed E-state index contributed by atoms with van der Waals surface area (Å²) in [7, 11) is 0. The standard InChI is InChI=1S/C22H24N4O7/c1-3-30-22(29)26-8-6-14(7-9-26)23-18(27)12-32-21(28)15-11-16(17-5-4-10-31-17)24-20-19(15)13(2)25-33-20/h4-5,10-11,14H,3,6-9,12H2,1-2H3,(H,23,27). The first-order valence-corrected chi connectivity index (χ1v) is 10.6. The van der Waals surface area contributed by atoms with Crippen LogP contribution in [-0.2, 0) is 14.3 Å². The summed E-state index contributed by atoms with van der Waals surface area (Å²) < 4.78 is 20.8. The molecule has 0 bridgehead atoms. The van der Waals surface area contributed by atoms with Gasteiger partial charge in [-0.3, -0.25) is 4.79 Å². The first kappa shape index (κ1) is 22.3. The van der Waals surface area contributed by atoms with Crippen molar-refractivity contribution in [3.05, 3.63) is 35.7 Å². The highest BCUT2D eigenvalue weighted by Crippen LogP contribution is 2.27. The molecule has 1 aliphatic rings. The van der Waals surface area contributed by atoms with Crippen molar-refractivity contribution >= 4 is 29.1 Å². The van der Waals surface area contributed by atoms with E-state index in [2.05, 4.69) is 15.5 Å². The van der Waals surface area contributed by atoms with Gasteiger partial charge in [0.05, 0.1) is 29.5 Å². The van der Waals surface area contributed by atoms with E-state index in [-0.39, 0.29) is 23.4 Å². The number of carbonyl (C=O) groups is 3. The fourth-order valence-corrected chi connectivity index (χ4v) is 3.71. The maximum absolute atomic E-state index is 12.8. The van der Waals surface area contributed by atoms with E-state index in [9.17, 15) is 14.4 Å². The summed E-state index contributed by atoms with van der Waals surface area (Å²) >= 11 is 0. The van der Waals surface area contributed by atoms with Gasteiger partial charge in [0.15, 0.2) is 12.4 Å². The number of amides is 2. The van der Waals surface area contributed by atoms with Gasteiger partial charge < -0.3 is 28.6 Å². The summed E-state index contributed by atoms with van der Waals surface area (Å²) in [6.07, 6.45) is 2.33. The van der Waals surface area contributed by atoms with Gasteiger partial charge in [-0.05, 0) is 44.9 Å². The molecule has 1 fully saturated rings. The van der Waals surface area contributed by atoms with Gasteiger partial charge >= 0.3 is 12.1 Å². The zero-order valence-electron chi connectivity index (χ0n) is 18.3. The molecule has 0 aliphatic carbocycles. The van der Waals surface area contributed by atoms with Crippen LogP contribution >= 0.6 is 0 Å². The first-order valence-electron chi connectivity index (χ1n) is 10.6. The Morgan fingerprint density at radius 3 is 2.73 bits per heavy atom. The Morgan fingerprint density at radius 1 is 1.24 bits per heavy atom. The van der Waals surface area contributed by atoms with E-state index in [1.165, 1.54) is 12.3 Å². The number of piperidine rings is 1. The van der Waals surface area contributed by atoms with Crippen LogP contribution in [0.5, 0.6) is 0 Å². The highest BCUT2D eigenvalue weighted by atomic mass is 16.6. The van der Waals surface area contributed by atoms with Crippen LogP contribution in [0.4, 0.5) is 4.79 Å². The maximum Gasteiger partial charge on any atom is 0.409 e. The molecule has 2 amide bonds. The van der Waals surface area contributed by atoms with Crippen molar-refractivity contribution in [3.63, 3.8) is 0 Å². The topological polar surface area (TPSA) is 137 Å². The Labute approximate surface area is 189 Å². The average Bonchev–Trinajstić information content (AvgIpc) is 3.48. The quantitative estimate of drug-likeness (QED) is 0.555. The minimum absolute atomic E-state index is 0.111. The molecule has 174 valence electrons. The molecule has 11 heteroatoms. The average molecular weight is 456 g/mol. The Kier molecular flexibility index (Phi) is 6.57. The van der Waals surface area contributed by atoms with Crippen LogP contribution in [0.25, 0.3) is 22.6 Å². The van der Waals surface area contributed by atoms with Crippen LogP contribution in [0.15, 0.2) is 33.4 Å². The molecule has 3 aromatic rings. The van der Waals surface area contributed by atoms with Gasteiger partial charge in [0.25, 0.3) is 11.6 Å². The second-order valence-electron chi connectivity index (χ2n) is 7.58. The molecule has 1 N–H and O–H groups in total. The van der Waals surface area contributed by atoms with E-state index in [1.807, 2.05) is 0 Å². The number of nitrogens with one attached hydrogen (secondary N) is 1. The van der Waals surface area contributed by atoms with Crippen LogP contribution < -0.4 is 5.32 Å². The molecule has 1 saturated heterocycles. The molecule has 0 aromatic carbocycles. The lowest BCUT2D eigenvalue weighted by Gasteiger charge is -2.31. The third kappa shape index (κ3) is 4.97. The zero-order chi connectivity index (χ0) is 23.4. The SMILES string of the molecule is CCOC(=O)N1CCC(NC(=O)COC(=O)c2cc(-c3ccco3)nc3onc(C)c23)CC1. The Hall–Kier alpha value is -3.89. The number of aryl methyl sites for hydroxylation is 1. The van der Waals surface area contributed by atoms with Crippen molar-refractivity contribution in [2.75, 3.05) is 26.3 Å². The molecular weight excluding hydrogens is 432 g/mol. The van der Waals surface area contributed by atoms with E-state index >= 15 is 0 Å². The van der Waals surface area contributed by atoms with Crippen LogP contribution in [0.2, 0.25) is 0 Å². The first-order chi connectivity index (χ1) is 16.0. The second-order valence-corrected chi connectivity index (χ2v) is 7.58. The lowest BCUT2D eigenvalue weighted by Crippen LogP contribution is -2.47. The van der Waals surface area contributed by atoms with Crippen LogP contribution in [-0.4, -0.2) is 65.4 Å². The Morgan fingerprint density at radius 2 is 2.03 bits per heavy atom. The molecule has 33 heavy (non-hydrogen) atoms. The van der Waals surface area contributed by atoms with Crippen molar-refractivity contribution in [2.45, 2.75) is 32.7 Å². The minimum atomic E-state index is -0.700. The summed E-state index contributed by atoms with van der Waals surface area (Å²) in [5.74, 6) is -0.669. The second kappa shape index (κ2) is 9.72. The van der Waals surface area contributed by atoms with Gasteiger partial charge in [-0.1, -0.05) is 5.16 Å². The number of hydrogen-bond donors (Lipinski definition) is 1. The van der Waals surface area contributed by atoms with E-state index in [1.54, 1.807) is 30.9 Å². The molecule has 0 saturated carbocycles. The van der Waals surface area contributed by atoms with Gasteiger partial charge in [-0.25, -0.2) is 14.6 Å². The van der Waals surface area contributed by atoms with Gasteiger partial charge in [0.1, 0.15) is 5.69 Å². The molecule has 3 aromatic heterocycles. The molecule has 4 heterocycles. The summed E-state index contributed by atoms with van der Waals surface area (Å²) in [5, 5.41) is 7.13. The van der Waals surface area contributed by atoms with Gasteiger partial charge in [-0.2, -0.15) is 0 Å². The lowest BCUT2D eigenvalue weighted by atomic mass is 10.1. The number of esters is 1. The number of fused-ring (bicyclic) bond motifs is 1. The molecular formula is C22H24N4O7. The van der Waals surface area contributed by atoms with Crippen LogP contribution in [0.1, 0.15) is 35.8 Å². The Balaban J connectivity index is 1.37. The zero-order valence-corrected chi connectivity index (χ0v) is 18.3. The minimum Gasteiger partial charge on any atom is -0.463 e. The van der Waals surface area contributed by atoms with Crippen LogP contribution in [0, 0.1) is 6.92 Å². The number of furan rings is 1. The molecule has 0 unspecified atom stereocenters. The largest absolute Gasteiger partial charge is 0.463 e. The molecule has 1 aliphatic heterocycles. The third-order valence-electron chi connectivity index (χ3n) is 5.33. The number of carbonyl (C=O) groups excluding carboxylic acids is 3. The number of hydrogen-bond acceptors (Lipinski definition) is 9. The maximum atomic E-state index is 12.8. The predicted molar refractivity (Wildman–Crippen MR) is 114 cm³/mol. The van der Waals surface area contributed by atoms with Gasteiger partial charge in [0, 0.05) is 19.1 Å². The van der Waals surface area contributed by atoms with Gasteiger partial charge in [0.2, 0.25) is 0 Å². The number of aromatic nitrogens is 2. The van der Waals surface area contributed by atoms with Crippen molar-refractivity contribution in [1.29, 1.82) is 0 Å². The summed E-state index contributed by atoms with van der Waals surface area (Å²) in [6, 6.07) is 4.82. The van der Waals surface area contributed by atoms with Crippen molar-refractivity contribution < 1.29 is 32.8 Å². The summed E-state index contributed by atoms with van der Waals surface area (Å²) in [6.45, 7) is 4.29. The van der Waals surface area contributed by atoms with Crippen molar-refractivity contribution in [1.82, 2.24) is 20.4 Å². The number of pyridine rings is 1. The van der Waals surface area contributed by atoms with Gasteiger partial charge in [-0.15, -0.1) is 0 Å². The van der Waals surface area contributed by atoms with Crippen molar-refractivity contribution in [2.24, 2.45) is 0 Å². The fraction of sp³-hybridized carbons (Fsp3) is 0.409. The molecule has 0 spiro atoms. The Bertz CT molecular complexity index is 1150. The number of likely N-dealkylation sites (tertiary alicyclic amines) is 1. The lowest BCUT2D eigenvalue weighted by molar-refractivity contribution is -0.125. The monoisotopic (exact) mass is 456 g/mol. The van der Waals surface area contributed by atoms with Crippen molar-refractivity contribution in [3.8, 4) is 11.5 Å². The molecule has 0 atom stereocenters. The predicted octanol–water partition coefficient (Wildman–Crippen LogP) is 2.69. The third-order valence-corrected chi connectivity index (χ3v) is 5.33. The molecule has 4 rings (SSSR count). The number of rotatable bonds is 6. The van der Waals surface area contributed by atoms with E-state index in [4.69, 9.17) is 18.4 Å².